The number of anilines is 1. The molecule has 4 heterocycles. The lowest BCUT2D eigenvalue weighted by molar-refractivity contribution is 0.108. The van der Waals surface area contributed by atoms with Crippen LogP contribution in [0.4, 0.5) is 5.69 Å². The maximum atomic E-state index is 14.0. The highest BCUT2D eigenvalue weighted by Gasteiger charge is 2.44. The monoisotopic (exact) mass is 501 g/mol. The fourth-order valence-electron chi connectivity index (χ4n) is 6.85. The first-order valence-corrected chi connectivity index (χ1v) is 14.5. The minimum atomic E-state index is -3.64. The number of pyridine rings is 1. The average Bonchev–Trinajstić information content (AvgIpc) is 2.79. The van der Waals surface area contributed by atoms with Crippen LogP contribution in [0.2, 0.25) is 5.02 Å². The number of sulfonamides is 1. The Morgan fingerprint density at radius 2 is 1.76 bits per heavy atom. The molecule has 2 saturated heterocycles. The van der Waals surface area contributed by atoms with Crippen molar-refractivity contribution in [2.75, 3.05) is 24.5 Å². The number of rotatable bonds is 4. The molecule has 4 aliphatic rings. The van der Waals surface area contributed by atoms with Crippen molar-refractivity contribution >= 4 is 27.3 Å². The molecular weight excluding hydrogens is 470 g/mol. The predicted octanol–water partition coefficient (Wildman–Crippen LogP) is 4.47. The third kappa shape index (κ3) is 3.80. The largest absolute Gasteiger partial charge is 0.369 e. The fourth-order valence-corrected chi connectivity index (χ4v) is 9.05. The van der Waals surface area contributed by atoms with Gasteiger partial charge in [-0.05, 0) is 61.8 Å². The van der Waals surface area contributed by atoms with Gasteiger partial charge in [0.2, 0.25) is 10.0 Å². The van der Waals surface area contributed by atoms with E-state index in [1.165, 1.54) is 19.3 Å². The van der Waals surface area contributed by atoms with Gasteiger partial charge in [0.1, 0.15) is 4.90 Å². The van der Waals surface area contributed by atoms with E-state index in [9.17, 15) is 13.2 Å². The van der Waals surface area contributed by atoms with Crippen molar-refractivity contribution < 1.29 is 8.42 Å². The third-order valence-corrected chi connectivity index (χ3v) is 10.7. The van der Waals surface area contributed by atoms with E-state index in [2.05, 4.69) is 4.90 Å². The lowest BCUT2D eigenvalue weighted by Gasteiger charge is -2.47. The van der Waals surface area contributed by atoms with Crippen molar-refractivity contribution in [3.63, 3.8) is 0 Å². The topological polar surface area (TPSA) is 62.6 Å². The van der Waals surface area contributed by atoms with Crippen LogP contribution in [-0.4, -0.2) is 43.0 Å². The van der Waals surface area contributed by atoms with Crippen LogP contribution in [0.5, 0.6) is 0 Å². The number of fused-ring (bicyclic) bond motifs is 4. The smallest absolute Gasteiger partial charge is 0.250 e. The van der Waals surface area contributed by atoms with E-state index >= 15 is 0 Å². The van der Waals surface area contributed by atoms with Crippen LogP contribution in [0.1, 0.15) is 56.6 Å². The summed E-state index contributed by atoms with van der Waals surface area (Å²) in [6.45, 7) is 2.73. The number of piperidine rings is 1. The van der Waals surface area contributed by atoms with Crippen LogP contribution in [-0.2, 0) is 16.6 Å². The standard InChI is InChI=1S/C26H32ClN3O3S/c27-21-9-10-24(28-15-18-13-20(17-28)22-7-4-8-26(31)29(22)16-18)25(14-21)34(32,33)30-12-11-23(30)19-5-2-1-3-6-19/h4,7-10,14,18-20,23H,1-3,5-6,11-13,15-17H2/t18-,20+,23?/m0/s1. The number of nitrogens with zero attached hydrogens (tertiary/aromatic N) is 3. The van der Waals surface area contributed by atoms with E-state index in [4.69, 9.17) is 11.6 Å². The van der Waals surface area contributed by atoms with Crippen LogP contribution in [0.3, 0.4) is 0 Å². The van der Waals surface area contributed by atoms with Gasteiger partial charge in [-0.1, -0.05) is 36.9 Å². The second-order valence-electron chi connectivity index (χ2n) is 10.6. The average molecular weight is 502 g/mol. The number of halogens is 1. The Balaban J connectivity index is 1.33. The first-order chi connectivity index (χ1) is 16.4. The van der Waals surface area contributed by atoms with Crippen LogP contribution < -0.4 is 10.5 Å². The Morgan fingerprint density at radius 3 is 2.53 bits per heavy atom. The minimum absolute atomic E-state index is 0.0574. The zero-order valence-corrected chi connectivity index (χ0v) is 21.0. The van der Waals surface area contributed by atoms with Gasteiger partial charge in [-0.3, -0.25) is 4.79 Å². The molecule has 1 aliphatic carbocycles. The van der Waals surface area contributed by atoms with E-state index < -0.39 is 10.0 Å². The van der Waals surface area contributed by atoms with Crippen molar-refractivity contribution in [3.8, 4) is 0 Å². The highest BCUT2D eigenvalue weighted by molar-refractivity contribution is 7.89. The summed E-state index contributed by atoms with van der Waals surface area (Å²) in [5.74, 6) is 1.01. The summed E-state index contributed by atoms with van der Waals surface area (Å²) >= 11 is 6.35. The van der Waals surface area contributed by atoms with Gasteiger partial charge in [0.15, 0.2) is 0 Å². The predicted molar refractivity (Wildman–Crippen MR) is 134 cm³/mol. The first kappa shape index (κ1) is 22.6. The molecule has 0 spiro atoms. The summed E-state index contributed by atoms with van der Waals surface area (Å²) in [4.78, 5) is 15.0. The molecule has 1 aromatic carbocycles. The Hall–Kier alpha value is -1.83. The van der Waals surface area contributed by atoms with E-state index in [1.807, 2.05) is 22.8 Å². The third-order valence-electron chi connectivity index (χ3n) is 8.54. The summed E-state index contributed by atoms with van der Waals surface area (Å²) < 4.78 is 31.6. The molecule has 3 fully saturated rings. The maximum absolute atomic E-state index is 14.0. The molecule has 1 unspecified atom stereocenters. The Morgan fingerprint density at radius 1 is 0.941 bits per heavy atom. The van der Waals surface area contributed by atoms with Crippen molar-refractivity contribution in [3.05, 3.63) is 57.5 Å². The molecule has 0 amide bonds. The highest BCUT2D eigenvalue weighted by atomic mass is 35.5. The number of hydrogen-bond acceptors (Lipinski definition) is 4. The Kier molecular flexibility index (Phi) is 5.78. The first-order valence-electron chi connectivity index (χ1n) is 12.7. The molecule has 1 saturated carbocycles. The van der Waals surface area contributed by atoms with Crippen LogP contribution in [0.15, 0.2) is 46.1 Å². The zero-order chi connectivity index (χ0) is 23.4. The summed E-state index contributed by atoms with van der Waals surface area (Å²) in [6, 6.07) is 10.9. The number of aromatic nitrogens is 1. The quantitative estimate of drug-likeness (QED) is 0.620. The molecule has 34 heavy (non-hydrogen) atoms. The van der Waals surface area contributed by atoms with Gasteiger partial charge in [-0.2, -0.15) is 4.31 Å². The van der Waals surface area contributed by atoms with Crippen molar-refractivity contribution in [2.24, 2.45) is 11.8 Å². The van der Waals surface area contributed by atoms with E-state index in [0.717, 1.165) is 43.6 Å². The summed E-state index contributed by atoms with van der Waals surface area (Å²) in [6.07, 6.45) is 7.93. The molecule has 6 nitrogen and oxygen atoms in total. The molecule has 8 heteroatoms. The van der Waals surface area contributed by atoms with Gasteiger partial charge in [0.25, 0.3) is 5.56 Å². The molecule has 1 aromatic heterocycles. The number of benzene rings is 1. The SMILES string of the molecule is O=c1cccc2n1C[C@H]1C[C@@H]2CN(c2ccc(Cl)cc2S(=O)(=O)N2CCC2C2CCCCC2)C1. The van der Waals surface area contributed by atoms with Crippen LogP contribution in [0, 0.1) is 11.8 Å². The molecule has 3 aliphatic heterocycles. The summed E-state index contributed by atoms with van der Waals surface area (Å²) in [5.41, 5.74) is 1.87. The Bertz CT molecular complexity index is 1250. The van der Waals surface area contributed by atoms with Gasteiger partial charge in [0, 0.05) is 54.9 Å². The van der Waals surface area contributed by atoms with Crippen molar-refractivity contribution in [1.29, 1.82) is 0 Å². The summed E-state index contributed by atoms with van der Waals surface area (Å²) in [5, 5.41) is 0.450. The molecule has 0 N–H and O–H groups in total. The van der Waals surface area contributed by atoms with Crippen molar-refractivity contribution in [1.82, 2.24) is 8.87 Å². The molecule has 2 bridgehead atoms. The maximum Gasteiger partial charge on any atom is 0.250 e. The zero-order valence-electron chi connectivity index (χ0n) is 19.4. The fraction of sp³-hybridized carbons (Fsp3) is 0.577. The van der Waals surface area contributed by atoms with Gasteiger partial charge in [-0.25, -0.2) is 8.42 Å². The second kappa shape index (κ2) is 8.68. The van der Waals surface area contributed by atoms with Gasteiger partial charge in [0.05, 0.1) is 5.69 Å². The van der Waals surface area contributed by atoms with E-state index in [1.54, 1.807) is 22.5 Å². The highest BCUT2D eigenvalue weighted by Crippen LogP contribution is 2.43. The lowest BCUT2D eigenvalue weighted by atomic mass is 9.80. The van der Waals surface area contributed by atoms with Gasteiger partial charge < -0.3 is 9.47 Å². The van der Waals surface area contributed by atoms with E-state index in [0.29, 0.717) is 41.4 Å². The Labute approximate surface area is 206 Å². The van der Waals surface area contributed by atoms with Crippen LogP contribution in [0.25, 0.3) is 0 Å². The second-order valence-corrected chi connectivity index (χ2v) is 12.9. The van der Waals surface area contributed by atoms with Crippen molar-refractivity contribution in [2.45, 2.75) is 68.3 Å². The molecule has 0 radical (unpaired) electrons. The molecule has 3 atom stereocenters. The van der Waals surface area contributed by atoms with Gasteiger partial charge >= 0.3 is 0 Å². The molecular formula is C26H32ClN3O3S. The van der Waals surface area contributed by atoms with Crippen LogP contribution >= 0.6 is 11.6 Å². The lowest BCUT2D eigenvalue weighted by Crippen LogP contribution is -2.55. The number of hydrogen-bond donors (Lipinski definition) is 0. The molecule has 2 aromatic rings. The van der Waals surface area contributed by atoms with Gasteiger partial charge in [-0.15, -0.1) is 0 Å². The van der Waals surface area contributed by atoms with E-state index in [-0.39, 0.29) is 17.5 Å². The normalized spacial score (nSPS) is 27.8. The minimum Gasteiger partial charge on any atom is -0.369 e. The molecule has 6 rings (SSSR count). The summed E-state index contributed by atoms with van der Waals surface area (Å²) in [7, 11) is -3.64. The molecule has 182 valence electrons.